The summed E-state index contributed by atoms with van der Waals surface area (Å²) in [5, 5.41) is 4.08. The van der Waals surface area contributed by atoms with Gasteiger partial charge in [0.1, 0.15) is 0 Å². The van der Waals surface area contributed by atoms with Crippen LogP contribution in [0.5, 0.6) is 0 Å². The molecule has 3 heteroatoms. The van der Waals surface area contributed by atoms with Crippen molar-refractivity contribution in [3.05, 3.63) is 35.4 Å². The number of amides is 1. The molecule has 0 saturated carbocycles. The van der Waals surface area contributed by atoms with Crippen LogP contribution in [0.2, 0.25) is 0 Å². The van der Waals surface area contributed by atoms with Crippen LogP contribution in [-0.4, -0.2) is 11.6 Å². The molecular formula is C14H20N2O. The maximum atomic E-state index is 11.7. The number of nitrogens with zero attached hydrogens (tertiary/aromatic N) is 1. The average Bonchev–Trinajstić information content (AvgIpc) is 2.26. The fraction of sp³-hybridized carbons (Fsp3) is 0.429. The maximum absolute atomic E-state index is 11.7. The van der Waals surface area contributed by atoms with E-state index in [2.05, 4.69) is 24.4 Å². The molecule has 0 spiro atoms. The van der Waals surface area contributed by atoms with Crippen molar-refractivity contribution in [1.82, 2.24) is 5.43 Å². The standard InChI is InChI=1S/C14H20N2O/c1-10(2)9-12(4)15-16-14(17)13-7-5-11(3)6-8-13/h5-8,10H,9H2,1-4H3,(H,16,17). The average molecular weight is 232 g/mol. The van der Waals surface area contributed by atoms with E-state index in [-0.39, 0.29) is 5.91 Å². The van der Waals surface area contributed by atoms with E-state index in [0.29, 0.717) is 11.5 Å². The molecule has 1 rings (SSSR count). The number of carbonyl (C=O) groups is 1. The lowest BCUT2D eigenvalue weighted by molar-refractivity contribution is 0.0954. The molecule has 3 nitrogen and oxygen atoms in total. The summed E-state index contributed by atoms with van der Waals surface area (Å²) in [5.41, 5.74) is 5.29. The van der Waals surface area contributed by atoms with E-state index >= 15 is 0 Å². The van der Waals surface area contributed by atoms with Crippen LogP contribution < -0.4 is 5.43 Å². The lowest BCUT2D eigenvalue weighted by atomic mass is 10.1. The number of carbonyl (C=O) groups excluding carboxylic acids is 1. The van der Waals surface area contributed by atoms with Gasteiger partial charge in [0.05, 0.1) is 0 Å². The molecule has 0 fully saturated rings. The van der Waals surface area contributed by atoms with Gasteiger partial charge in [0.2, 0.25) is 0 Å². The maximum Gasteiger partial charge on any atom is 0.271 e. The van der Waals surface area contributed by atoms with Crippen molar-refractivity contribution in [2.24, 2.45) is 11.0 Å². The molecule has 92 valence electrons. The number of hydrazone groups is 1. The predicted octanol–water partition coefficient (Wildman–Crippen LogP) is 3.15. The lowest BCUT2D eigenvalue weighted by Gasteiger charge is -2.05. The highest BCUT2D eigenvalue weighted by Gasteiger charge is 2.04. The minimum Gasteiger partial charge on any atom is -0.267 e. The van der Waals surface area contributed by atoms with Crippen molar-refractivity contribution < 1.29 is 4.79 Å². The van der Waals surface area contributed by atoms with Crippen molar-refractivity contribution in [3.63, 3.8) is 0 Å². The van der Waals surface area contributed by atoms with Gasteiger partial charge < -0.3 is 0 Å². The first-order valence-electron chi connectivity index (χ1n) is 5.89. The molecule has 0 aliphatic rings. The topological polar surface area (TPSA) is 41.5 Å². The Balaban J connectivity index is 2.58. The zero-order valence-electron chi connectivity index (χ0n) is 10.9. The Kier molecular flexibility index (Phi) is 4.88. The van der Waals surface area contributed by atoms with Gasteiger partial charge in [0, 0.05) is 11.3 Å². The van der Waals surface area contributed by atoms with E-state index < -0.39 is 0 Å². The normalized spacial score (nSPS) is 11.7. The minimum absolute atomic E-state index is 0.159. The lowest BCUT2D eigenvalue weighted by Crippen LogP contribution is -2.19. The van der Waals surface area contributed by atoms with Crippen LogP contribution in [0.3, 0.4) is 0 Å². The Morgan fingerprint density at radius 3 is 2.41 bits per heavy atom. The molecule has 1 N–H and O–H groups in total. The fourth-order valence-electron chi connectivity index (χ4n) is 1.55. The zero-order chi connectivity index (χ0) is 12.8. The summed E-state index contributed by atoms with van der Waals surface area (Å²) in [6.45, 7) is 8.17. The third-order valence-corrected chi connectivity index (χ3v) is 2.37. The highest BCUT2D eigenvalue weighted by molar-refractivity contribution is 5.95. The highest BCUT2D eigenvalue weighted by atomic mass is 16.2. The van der Waals surface area contributed by atoms with Crippen molar-refractivity contribution in [2.75, 3.05) is 0 Å². The first-order valence-corrected chi connectivity index (χ1v) is 5.89. The van der Waals surface area contributed by atoms with Gasteiger partial charge in [0.25, 0.3) is 5.91 Å². The Bertz CT molecular complexity index is 405. The van der Waals surface area contributed by atoms with Gasteiger partial charge >= 0.3 is 0 Å². The summed E-state index contributed by atoms with van der Waals surface area (Å²) in [6.07, 6.45) is 0.897. The van der Waals surface area contributed by atoms with Crippen molar-refractivity contribution >= 4 is 11.6 Å². The largest absolute Gasteiger partial charge is 0.271 e. The number of hydrogen-bond donors (Lipinski definition) is 1. The summed E-state index contributed by atoms with van der Waals surface area (Å²) < 4.78 is 0. The van der Waals surface area contributed by atoms with Crippen LogP contribution in [0.4, 0.5) is 0 Å². The van der Waals surface area contributed by atoms with Gasteiger partial charge in [-0.2, -0.15) is 5.10 Å². The molecule has 1 amide bonds. The SMILES string of the molecule is CC(CC(C)C)=NNC(=O)c1ccc(C)cc1. The van der Waals surface area contributed by atoms with Gasteiger partial charge in [-0.3, -0.25) is 4.79 Å². The van der Waals surface area contributed by atoms with Crippen molar-refractivity contribution in [2.45, 2.75) is 34.1 Å². The van der Waals surface area contributed by atoms with Crippen LogP contribution in [0.25, 0.3) is 0 Å². The Hall–Kier alpha value is -1.64. The van der Waals surface area contributed by atoms with Crippen LogP contribution in [-0.2, 0) is 0 Å². The van der Waals surface area contributed by atoms with Gasteiger partial charge in [-0.1, -0.05) is 31.5 Å². The third kappa shape index (κ3) is 4.81. The molecule has 0 saturated heterocycles. The first-order chi connectivity index (χ1) is 7.99. The second kappa shape index (κ2) is 6.18. The molecule has 0 bridgehead atoms. The van der Waals surface area contributed by atoms with Crippen LogP contribution in [0.1, 0.15) is 43.1 Å². The Morgan fingerprint density at radius 2 is 1.88 bits per heavy atom. The van der Waals surface area contributed by atoms with Gasteiger partial charge in [-0.25, -0.2) is 5.43 Å². The van der Waals surface area contributed by atoms with E-state index in [9.17, 15) is 4.79 Å². The van der Waals surface area contributed by atoms with E-state index in [1.54, 1.807) is 12.1 Å². The van der Waals surface area contributed by atoms with Gasteiger partial charge in [-0.05, 0) is 38.3 Å². The second-order valence-electron chi connectivity index (χ2n) is 4.75. The molecule has 0 aromatic heterocycles. The summed E-state index contributed by atoms with van der Waals surface area (Å²) in [6, 6.07) is 7.44. The molecule has 1 aromatic rings. The third-order valence-electron chi connectivity index (χ3n) is 2.37. The Labute approximate surface area is 103 Å². The monoisotopic (exact) mass is 232 g/mol. The van der Waals surface area contributed by atoms with E-state index in [1.807, 2.05) is 26.0 Å². The van der Waals surface area contributed by atoms with Gasteiger partial charge in [-0.15, -0.1) is 0 Å². The van der Waals surface area contributed by atoms with Crippen molar-refractivity contribution in [1.29, 1.82) is 0 Å². The predicted molar refractivity (Wildman–Crippen MR) is 71.2 cm³/mol. The van der Waals surface area contributed by atoms with E-state index in [4.69, 9.17) is 0 Å². The van der Waals surface area contributed by atoms with Crippen LogP contribution in [0, 0.1) is 12.8 Å². The summed E-state index contributed by atoms with van der Waals surface area (Å²) >= 11 is 0. The Morgan fingerprint density at radius 1 is 1.29 bits per heavy atom. The minimum atomic E-state index is -0.159. The van der Waals surface area contributed by atoms with Crippen LogP contribution in [0.15, 0.2) is 29.4 Å². The molecular weight excluding hydrogens is 212 g/mol. The molecule has 0 atom stereocenters. The van der Waals surface area contributed by atoms with E-state index in [1.165, 1.54) is 0 Å². The summed E-state index contributed by atoms with van der Waals surface area (Å²) in [5.74, 6) is 0.392. The quantitative estimate of drug-likeness (QED) is 0.629. The first kappa shape index (κ1) is 13.4. The fourth-order valence-corrected chi connectivity index (χ4v) is 1.55. The number of benzene rings is 1. The smallest absolute Gasteiger partial charge is 0.267 e. The molecule has 0 aliphatic carbocycles. The summed E-state index contributed by atoms with van der Waals surface area (Å²) in [4.78, 5) is 11.7. The molecule has 0 aliphatic heterocycles. The zero-order valence-corrected chi connectivity index (χ0v) is 10.9. The molecule has 1 aromatic carbocycles. The molecule has 0 heterocycles. The number of hydrogen-bond acceptors (Lipinski definition) is 2. The second-order valence-corrected chi connectivity index (χ2v) is 4.75. The molecule has 0 radical (unpaired) electrons. The van der Waals surface area contributed by atoms with E-state index in [0.717, 1.165) is 17.7 Å². The van der Waals surface area contributed by atoms with Gasteiger partial charge in [0.15, 0.2) is 0 Å². The summed E-state index contributed by atoms with van der Waals surface area (Å²) in [7, 11) is 0. The molecule has 0 unspecified atom stereocenters. The molecule has 17 heavy (non-hydrogen) atoms. The van der Waals surface area contributed by atoms with Crippen LogP contribution >= 0.6 is 0 Å². The van der Waals surface area contributed by atoms with Crippen molar-refractivity contribution in [3.8, 4) is 0 Å². The number of nitrogens with one attached hydrogen (secondary N) is 1. The number of aryl methyl sites for hydroxylation is 1. The number of rotatable bonds is 4. The highest BCUT2D eigenvalue weighted by Crippen LogP contribution is 2.03.